The van der Waals surface area contributed by atoms with Crippen LogP contribution in [0.15, 0.2) is 29.2 Å². The summed E-state index contributed by atoms with van der Waals surface area (Å²) in [5.74, 6) is 0. The third-order valence-electron chi connectivity index (χ3n) is 2.58. The number of nitrogens with one attached hydrogen (secondary N) is 1. The molecule has 0 radical (unpaired) electrons. The number of sulfonamides is 1. The van der Waals surface area contributed by atoms with Crippen molar-refractivity contribution in [3.63, 3.8) is 0 Å². The number of nitrogens with two attached hydrogens (primary N) is 1. The van der Waals surface area contributed by atoms with Gasteiger partial charge in [0.15, 0.2) is 0 Å². The van der Waals surface area contributed by atoms with Gasteiger partial charge in [-0.15, -0.1) is 11.3 Å². The Bertz CT molecular complexity index is 737. The molecule has 0 saturated heterocycles. The molecule has 0 unspecified atom stereocenters. The van der Waals surface area contributed by atoms with Crippen LogP contribution in [0.25, 0.3) is 0 Å². The second-order valence-electron chi connectivity index (χ2n) is 4.17. The molecule has 1 aromatic carbocycles. The van der Waals surface area contributed by atoms with Crippen LogP contribution in [0, 0.1) is 0 Å². The smallest absolute Gasteiger partial charge is 0.243 e. The highest BCUT2D eigenvalue weighted by Gasteiger charge is 2.21. The normalized spacial score (nSPS) is 11.8. The van der Waals surface area contributed by atoms with Crippen molar-refractivity contribution in [3.05, 3.63) is 43.5 Å². The summed E-state index contributed by atoms with van der Waals surface area (Å²) in [6, 6.07) is 6.32. The summed E-state index contributed by atoms with van der Waals surface area (Å²) >= 11 is 19.1. The largest absolute Gasteiger partial charge is 0.399 e. The number of hydrogen-bond acceptors (Lipinski definition) is 4. The summed E-state index contributed by atoms with van der Waals surface area (Å²) in [6.07, 6.45) is 0.529. The quantitative estimate of drug-likeness (QED) is 0.769. The van der Waals surface area contributed by atoms with Gasteiger partial charge in [-0.3, -0.25) is 0 Å². The lowest BCUT2D eigenvalue weighted by atomic mass is 10.3. The lowest BCUT2D eigenvalue weighted by Gasteiger charge is -2.10. The molecule has 1 heterocycles. The maximum absolute atomic E-state index is 12.2. The molecule has 0 aliphatic carbocycles. The van der Waals surface area contributed by atoms with E-state index in [0.29, 0.717) is 16.4 Å². The molecule has 0 bridgehead atoms. The Morgan fingerprint density at radius 3 is 2.29 bits per heavy atom. The van der Waals surface area contributed by atoms with Crippen molar-refractivity contribution in [2.75, 3.05) is 12.3 Å². The maximum Gasteiger partial charge on any atom is 0.243 e. The highest BCUT2D eigenvalue weighted by atomic mass is 35.5. The van der Waals surface area contributed by atoms with E-state index in [0.717, 1.165) is 4.88 Å². The van der Waals surface area contributed by atoms with E-state index in [-0.39, 0.29) is 21.5 Å². The fraction of sp³-hybridized carbons (Fsp3) is 0.167. The van der Waals surface area contributed by atoms with Gasteiger partial charge in [-0.05, 0) is 30.7 Å². The molecule has 0 saturated carbocycles. The standard InChI is InChI=1S/C12H11Cl3N2O2S2/c13-9-5-7(16)6-10(14)12(9)21(18,19)17-4-3-8-1-2-11(15)20-8/h1-2,5-6,17H,3-4,16H2. The van der Waals surface area contributed by atoms with E-state index in [4.69, 9.17) is 40.5 Å². The fourth-order valence-corrected chi connectivity index (χ4v) is 5.05. The molecule has 21 heavy (non-hydrogen) atoms. The Hall–Kier alpha value is -0.500. The molecule has 0 fully saturated rings. The molecule has 0 atom stereocenters. The van der Waals surface area contributed by atoms with Gasteiger partial charge >= 0.3 is 0 Å². The van der Waals surface area contributed by atoms with Crippen LogP contribution in [0.3, 0.4) is 0 Å². The maximum atomic E-state index is 12.2. The average molecular weight is 386 g/mol. The molecule has 3 N–H and O–H groups in total. The summed E-state index contributed by atoms with van der Waals surface area (Å²) in [5.41, 5.74) is 5.86. The van der Waals surface area contributed by atoms with Crippen LogP contribution in [-0.2, 0) is 16.4 Å². The van der Waals surface area contributed by atoms with Crippen LogP contribution < -0.4 is 10.5 Å². The van der Waals surface area contributed by atoms with Gasteiger partial charge in [-0.25, -0.2) is 13.1 Å². The molecular formula is C12H11Cl3N2O2S2. The van der Waals surface area contributed by atoms with Crippen molar-refractivity contribution < 1.29 is 8.42 Å². The number of nitrogen functional groups attached to an aromatic ring is 1. The number of benzene rings is 1. The van der Waals surface area contributed by atoms with E-state index in [1.54, 1.807) is 6.07 Å². The van der Waals surface area contributed by atoms with E-state index in [1.165, 1.54) is 23.5 Å². The van der Waals surface area contributed by atoms with E-state index in [1.807, 2.05) is 6.07 Å². The highest BCUT2D eigenvalue weighted by molar-refractivity contribution is 7.89. The third kappa shape index (κ3) is 4.25. The van der Waals surface area contributed by atoms with E-state index in [2.05, 4.69) is 4.72 Å². The predicted octanol–water partition coefficient (Wildman–Crippen LogP) is 3.81. The van der Waals surface area contributed by atoms with Gasteiger partial charge in [0, 0.05) is 17.1 Å². The van der Waals surface area contributed by atoms with Crippen molar-refractivity contribution in [1.29, 1.82) is 0 Å². The fourth-order valence-electron chi connectivity index (χ4n) is 1.70. The van der Waals surface area contributed by atoms with Gasteiger partial charge < -0.3 is 5.73 Å². The Balaban J connectivity index is 2.12. The van der Waals surface area contributed by atoms with E-state index in [9.17, 15) is 8.42 Å². The van der Waals surface area contributed by atoms with Crippen LogP contribution in [0.4, 0.5) is 5.69 Å². The third-order valence-corrected chi connectivity index (χ3v) is 6.25. The lowest BCUT2D eigenvalue weighted by Crippen LogP contribution is -2.26. The van der Waals surface area contributed by atoms with Crippen molar-refractivity contribution >= 4 is 61.9 Å². The SMILES string of the molecule is Nc1cc(Cl)c(S(=O)(=O)NCCc2ccc(Cl)s2)c(Cl)c1. The number of rotatable bonds is 5. The molecule has 9 heteroatoms. The summed E-state index contributed by atoms with van der Waals surface area (Å²) < 4.78 is 27.6. The Labute approximate surface area is 141 Å². The van der Waals surface area contributed by atoms with Crippen molar-refractivity contribution in [1.82, 2.24) is 4.72 Å². The van der Waals surface area contributed by atoms with Gasteiger partial charge in [0.25, 0.3) is 0 Å². The molecular weight excluding hydrogens is 375 g/mol. The second kappa shape index (κ2) is 6.73. The number of hydrogen-bond donors (Lipinski definition) is 2. The van der Waals surface area contributed by atoms with Crippen molar-refractivity contribution in [2.45, 2.75) is 11.3 Å². The first-order valence-electron chi connectivity index (χ1n) is 5.78. The molecule has 1 aromatic heterocycles. The molecule has 2 rings (SSSR count). The van der Waals surface area contributed by atoms with Gasteiger partial charge in [-0.1, -0.05) is 34.8 Å². The minimum absolute atomic E-state index is 0.00771. The number of halogens is 3. The van der Waals surface area contributed by atoms with Gasteiger partial charge in [0.2, 0.25) is 10.0 Å². The van der Waals surface area contributed by atoms with Gasteiger partial charge in [-0.2, -0.15) is 0 Å². The molecule has 0 amide bonds. The molecule has 114 valence electrons. The molecule has 4 nitrogen and oxygen atoms in total. The van der Waals surface area contributed by atoms with Crippen molar-refractivity contribution in [3.8, 4) is 0 Å². The van der Waals surface area contributed by atoms with Gasteiger partial charge in [0.05, 0.1) is 14.4 Å². The summed E-state index contributed by atoms with van der Waals surface area (Å²) in [5, 5.41) is -0.0154. The van der Waals surface area contributed by atoms with Crippen LogP contribution in [0.5, 0.6) is 0 Å². The average Bonchev–Trinajstić information content (AvgIpc) is 2.72. The molecule has 0 aliphatic rings. The summed E-state index contributed by atoms with van der Waals surface area (Å²) in [4.78, 5) is 0.821. The first-order valence-corrected chi connectivity index (χ1v) is 9.21. The summed E-state index contributed by atoms with van der Waals surface area (Å²) in [6.45, 7) is 0.218. The zero-order valence-electron chi connectivity index (χ0n) is 10.6. The van der Waals surface area contributed by atoms with Gasteiger partial charge in [0.1, 0.15) is 4.90 Å². The zero-order valence-corrected chi connectivity index (χ0v) is 14.5. The minimum Gasteiger partial charge on any atom is -0.399 e. The Morgan fingerprint density at radius 2 is 1.76 bits per heavy atom. The first kappa shape index (κ1) is 16.9. The Kier molecular flexibility index (Phi) is 5.40. The topological polar surface area (TPSA) is 72.2 Å². The van der Waals surface area contributed by atoms with Crippen LogP contribution in [0.2, 0.25) is 14.4 Å². The zero-order chi connectivity index (χ0) is 15.6. The molecule has 0 aliphatic heterocycles. The van der Waals surface area contributed by atoms with Crippen LogP contribution >= 0.6 is 46.1 Å². The van der Waals surface area contributed by atoms with Crippen LogP contribution in [-0.4, -0.2) is 15.0 Å². The van der Waals surface area contributed by atoms with Crippen molar-refractivity contribution in [2.24, 2.45) is 0 Å². The minimum atomic E-state index is -3.80. The highest BCUT2D eigenvalue weighted by Crippen LogP contribution is 2.31. The van der Waals surface area contributed by atoms with E-state index < -0.39 is 10.0 Å². The number of thiophene rings is 1. The second-order valence-corrected chi connectivity index (χ2v) is 8.49. The monoisotopic (exact) mass is 384 g/mol. The van der Waals surface area contributed by atoms with Crippen LogP contribution in [0.1, 0.15) is 4.88 Å². The van der Waals surface area contributed by atoms with E-state index >= 15 is 0 Å². The molecule has 0 spiro atoms. The summed E-state index contributed by atoms with van der Waals surface area (Å²) in [7, 11) is -3.80. The Morgan fingerprint density at radius 1 is 1.14 bits per heavy atom. The predicted molar refractivity (Wildman–Crippen MR) is 89.1 cm³/mol. The molecule has 2 aromatic rings. The lowest BCUT2D eigenvalue weighted by molar-refractivity contribution is 0.582. The number of anilines is 1. The first-order chi connectivity index (χ1) is 9.79.